The minimum atomic E-state index is 0. The maximum absolute atomic E-state index is 12.4. The van der Waals surface area contributed by atoms with Gasteiger partial charge >= 0.3 is 0 Å². The van der Waals surface area contributed by atoms with Crippen LogP contribution in [-0.2, 0) is 11.3 Å². The molecule has 1 aliphatic rings. The number of carbonyl (C=O) groups excluding carboxylic acids is 1. The number of hydrogen-bond acceptors (Lipinski definition) is 2. The quantitative estimate of drug-likeness (QED) is 0.829. The zero-order valence-electron chi connectivity index (χ0n) is 13.3. The van der Waals surface area contributed by atoms with Crippen LogP contribution in [0.25, 0.3) is 0 Å². The summed E-state index contributed by atoms with van der Waals surface area (Å²) in [4.78, 5) is 14.2. The number of hydrogen-bond donors (Lipinski definition) is 1. The molecule has 0 radical (unpaired) electrons. The third-order valence-corrected chi connectivity index (χ3v) is 4.97. The van der Waals surface area contributed by atoms with E-state index in [1.54, 1.807) is 0 Å². The molecule has 1 heterocycles. The van der Waals surface area contributed by atoms with Crippen molar-refractivity contribution in [3.8, 4) is 0 Å². The van der Waals surface area contributed by atoms with Crippen LogP contribution in [0.15, 0.2) is 28.7 Å². The van der Waals surface area contributed by atoms with Crippen molar-refractivity contribution < 1.29 is 4.79 Å². The number of amides is 1. The molecule has 0 spiro atoms. The van der Waals surface area contributed by atoms with Crippen LogP contribution in [-0.4, -0.2) is 30.9 Å². The number of halogens is 2. The van der Waals surface area contributed by atoms with Crippen molar-refractivity contribution in [2.45, 2.75) is 32.7 Å². The topological polar surface area (TPSA) is 32.3 Å². The van der Waals surface area contributed by atoms with Gasteiger partial charge < -0.3 is 10.2 Å². The van der Waals surface area contributed by atoms with Gasteiger partial charge in [-0.05, 0) is 55.5 Å². The second kappa shape index (κ2) is 9.53. The zero-order valence-corrected chi connectivity index (χ0v) is 15.8. The van der Waals surface area contributed by atoms with E-state index in [-0.39, 0.29) is 18.3 Å². The Bertz CT molecular complexity index is 460. The molecule has 3 nitrogen and oxygen atoms in total. The maximum atomic E-state index is 12.4. The molecule has 1 fully saturated rings. The summed E-state index contributed by atoms with van der Waals surface area (Å²) < 4.78 is 1.07. The molecule has 5 heteroatoms. The molecule has 1 aliphatic heterocycles. The van der Waals surface area contributed by atoms with Crippen molar-refractivity contribution >= 4 is 34.2 Å². The molecule has 0 aromatic heterocycles. The lowest BCUT2D eigenvalue weighted by atomic mass is 9.84. The average Bonchev–Trinajstić information content (AvgIpc) is 2.50. The number of nitrogens with one attached hydrogen (secondary N) is 1. The maximum Gasteiger partial charge on any atom is 0.222 e. The van der Waals surface area contributed by atoms with E-state index in [0.717, 1.165) is 17.6 Å². The summed E-state index contributed by atoms with van der Waals surface area (Å²) in [5.74, 6) is 1.42. The summed E-state index contributed by atoms with van der Waals surface area (Å²) in [5.41, 5.74) is 1.17. The molecule has 0 bridgehead atoms. The summed E-state index contributed by atoms with van der Waals surface area (Å²) in [6.45, 7) is 5.10. The summed E-state index contributed by atoms with van der Waals surface area (Å²) in [5, 5.41) is 3.38. The first-order valence-corrected chi connectivity index (χ1v) is 8.54. The van der Waals surface area contributed by atoms with Crippen LogP contribution in [0.3, 0.4) is 0 Å². The van der Waals surface area contributed by atoms with Crippen molar-refractivity contribution in [2.75, 3.05) is 20.1 Å². The largest absolute Gasteiger partial charge is 0.341 e. The summed E-state index contributed by atoms with van der Waals surface area (Å²) in [6.07, 6.45) is 3.06. The fourth-order valence-corrected chi connectivity index (χ4v) is 3.23. The molecule has 1 aromatic rings. The van der Waals surface area contributed by atoms with Gasteiger partial charge in [-0.25, -0.2) is 0 Å². The molecule has 2 rings (SSSR count). The summed E-state index contributed by atoms with van der Waals surface area (Å²) in [6, 6.07) is 8.16. The Hall–Kier alpha value is -0.580. The van der Waals surface area contributed by atoms with Crippen molar-refractivity contribution in [3.05, 3.63) is 34.3 Å². The van der Waals surface area contributed by atoms with Gasteiger partial charge in [-0.1, -0.05) is 35.0 Å². The highest BCUT2D eigenvalue weighted by Gasteiger charge is 2.23. The number of nitrogens with zero attached hydrogens (tertiary/aromatic N) is 1. The molecule has 1 atom stereocenters. The van der Waals surface area contributed by atoms with Gasteiger partial charge in [-0.2, -0.15) is 0 Å². The molecule has 0 saturated carbocycles. The van der Waals surface area contributed by atoms with E-state index in [0.29, 0.717) is 24.8 Å². The Labute approximate surface area is 148 Å². The molecule has 1 aromatic carbocycles. The van der Waals surface area contributed by atoms with E-state index in [1.807, 2.05) is 24.1 Å². The SMILES string of the molecule is CC(CC(=O)N(C)Cc1ccc(Br)cc1)C1CCNCC1.Cl. The Morgan fingerprint density at radius 3 is 2.50 bits per heavy atom. The highest BCUT2D eigenvalue weighted by Crippen LogP contribution is 2.25. The lowest BCUT2D eigenvalue weighted by Crippen LogP contribution is -2.34. The second-order valence-corrected chi connectivity index (χ2v) is 7.06. The van der Waals surface area contributed by atoms with Crippen molar-refractivity contribution in [1.82, 2.24) is 10.2 Å². The molecular weight excluding hydrogens is 364 g/mol. The molecule has 1 amide bonds. The minimum Gasteiger partial charge on any atom is -0.341 e. The standard InChI is InChI=1S/C17H25BrN2O.ClH/c1-13(15-7-9-19-10-8-15)11-17(21)20(2)12-14-3-5-16(18)6-4-14;/h3-6,13,15,19H,7-12H2,1-2H3;1H. The minimum absolute atomic E-state index is 0. The average molecular weight is 390 g/mol. The van der Waals surface area contributed by atoms with Crippen LogP contribution in [0.5, 0.6) is 0 Å². The Balaban J connectivity index is 0.00000242. The first kappa shape index (κ1) is 19.5. The van der Waals surface area contributed by atoms with E-state index >= 15 is 0 Å². The molecule has 22 heavy (non-hydrogen) atoms. The van der Waals surface area contributed by atoms with Crippen molar-refractivity contribution in [2.24, 2.45) is 11.8 Å². The van der Waals surface area contributed by atoms with E-state index < -0.39 is 0 Å². The van der Waals surface area contributed by atoms with Crippen LogP contribution < -0.4 is 5.32 Å². The van der Waals surface area contributed by atoms with Gasteiger partial charge in [0.2, 0.25) is 5.91 Å². The lowest BCUT2D eigenvalue weighted by Gasteiger charge is -2.29. The highest BCUT2D eigenvalue weighted by molar-refractivity contribution is 9.10. The number of rotatable bonds is 5. The predicted molar refractivity (Wildman–Crippen MR) is 97.2 cm³/mol. The molecule has 0 aliphatic carbocycles. The predicted octanol–water partition coefficient (Wildman–Crippen LogP) is 3.86. The fourth-order valence-electron chi connectivity index (χ4n) is 2.96. The Morgan fingerprint density at radius 2 is 1.91 bits per heavy atom. The van der Waals surface area contributed by atoms with Crippen molar-refractivity contribution in [1.29, 1.82) is 0 Å². The molecule has 124 valence electrons. The highest BCUT2D eigenvalue weighted by atomic mass is 79.9. The van der Waals surface area contributed by atoms with Gasteiger partial charge in [0, 0.05) is 24.5 Å². The van der Waals surface area contributed by atoms with Gasteiger partial charge in [0.15, 0.2) is 0 Å². The fraction of sp³-hybridized carbons (Fsp3) is 0.588. The van der Waals surface area contributed by atoms with Crippen LogP contribution in [0.4, 0.5) is 0 Å². The number of carbonyl (C=O) groups is 1. The molecule has 1 unspecified atom stereocenters. The second-order valence-electron chi connectivity index (χ2n) is 6.15. The van der Waals surface area contributed by atoms with E-state index in [4.69, 9.17) is 0 Å². The third kappa shape index (κ3) is 5.90. The third-order valence-electron chi connectivity index (χ3n) is 4.44. The molecule has 1 N–H and O–H groups in total. The first-order chi connectivity index (χ1) is 10.1. The van der Waals surface area contributed by atoms with Crippen LogP contribution >= 0.6 is 28.3 Å². The van der Waals surface area contributed by atoms with E-state index in [1.165, 1.54) is 18.4 Å². The summed E-state index contributed by atoms with van der Waals surface area (Å²) >= 11 is 3.43. The monoisotopic (exact) mass is 388 g/mol. The van der Waals surface area contributed by atoms with Gasteiger partial charge in [-0.15, -0.1) is 12.4 Å². The zero-order chi connectivity index (χ0) is 15.2. The smallest absolute Gasteiger partial charge is 0.222 e. The Morgan fingerprint density at radius 1 is 1.32 bits per heavy atom. The van der Waals surface area contributed by atoms with Crippen molar-refractivity contribution in [3.63, 3.8) is 0 Å². The van der Waals surface area contributed by atoms with E-state index in [9.17, 15) is 4.79 Å². The molecule has 1 saturated heterocycles. The van der Waals surface area contributed by atoms with Gasteiger partial charge in [0.25, 0.3) is 0 Å². The lowest BCUT2D eigenvalue weighted by molar-refractivity contribution is -0.131. The first-order valence-electron chi connectivity index (χ1n) is 7.75. The van der Waals surface area contributed by atoms with Crippen LogP contribution in [0.2, 0.25) is 0 Å². The molecular formula is C17H26BrClN2O. The normalized spacial score (nSPS) is 16.7. The number of piperidine rings is 1. The van der Waals surface area contributed by atoms with Gasteiger partial charge in [-0.3, -0.25) is 4.79 Å². The number of benzene rings is 1. The summed E-state index contributed by atoms with van der Waals surface area (Å²) in [7, 11) is 1.90. The van der Waals surface area contributed by atoms with Gasteiger partial charge in [0.05, 0.1) is 0 Å². The van der Waals surface area contributed by atoms with E-state index in [2.05, 4.69) is 40.3 Å². The van der Waals surface area contributed by atoms with Crippen LogP contribution in [0, 0.1) is 11.8 Å². The Kier molecular flexibility index (Phi) is 8.44. The van der Waals surface area contributed by atoms with Crippen LogP contribution in [0.1, 0.15) is 31.7 Å². The van der Waals surface area contributed by atoms with Gasteiger partial charge in [0.1, 0.15) is 0 Å².